The van der Waals surface area contributed by atoms with Crippen LogP contribution in [-0.4, -0.2) is 30.8 Å². The minimum atomic E-state index is -0.249. The van der Waals surface area contributed by atoms with Crippen LogP contribution in [0.3, 0.4) is 0 Å². The Kier molecular flexibility index (Phi) is 3.88. The van der Waals surface area contributed by atoms with Crippen molar-refractivity contribution in [1.29, 1.82) is 0 Å². The van der Waals surface area contributed by atoms with Crippen molar-refractivity contribution in [2.45, 2.75) is 13.3 Å². The SMILES string of the molecule is CCOC(=O)Cc1nc(-c2scc3c2OCCO3)cs1. The number of thiophene rings is 1. The molecule has 0 spiro atoms. The van der Waals surface area contributed by atoms with Gasteiger partial charge in [0.1, 0.15) is 18.2 Å². The lowest BCUT2D eigenvalue weighted by atomic mass is 10.3. The quantitative estimate of drug-likeness (QED) is 0.813. The molecule has 0 saturated carbocycles. The molecule has 0 aliphatic carbocycles. The average Bonchev–Trinajstić information content (AvgIpc) is 3.05. The van der Waals surface area contributed by atoms with Crippen molar-refractivity contribution in [1.82, 2.24) is 4.98 Å². The Hall–Kier alpha value is -1.60. The summed E-state index contributed by atoms with van der Waals surface area (Å²) in [6, 6.07) is 0. The third kappa shape index (κ3) is 2.64. The minimum Gasteiger partial charge on any atom is -0.485 e. The van der Waals surface area contributed by atoms with Gasteiger partial charge in [0, 0.05) is 10.8 Å². The Morgan fingerprint density at radius 3 is 3.05 bits per heavy atom. The molecule has 20 heavy (non-hydrogen) atoms. The van der Waals surface area contributed by atoms with Crippen LogP contribution in [0, 0.1) is 0 Å². The topological polar surface area (TPSA) is 57.7 Å². The van der Waals surface area contributed by atoms with E-state index in [2.05, 4.69) is 4.98 Å². The second-order valence-electron chi connectivity index (χ2n) is 4.06. The lowest BCUT2D eigenvalue weighted by molar-refractivity contribution is -0.142. The van der Waals surface area contributed by atoms with Crippen molar-refractivity contribution >= 4 is 28.6 Å². The van der Waals surface area contributed by atoms with Crippen LogP contribution in [-0.2, 0) is 16.0 Å². The molecule has 7 heteroatoms. The van der Waals surface area contributed by atoms with Crippen molar-refractivity contribution in [3.05, 3.63) is 15.8 Å². The van der Waals surface area contributed by atoms with Crippen LogP contribution in [0.4, 0.5) is 0 Å². The van der Waals surface area contributed by atoms with Crippen molar-refractivity contribution in [3.8, 4) is 22.1 Å². The fraction of sp³-hybridized carbons (Fsp3) is 0.385. The van der Waals surface area contributed by atoms with Crippen LogP contribution in [0.1, 0.15) is 11.9 Å². The number of esters is 1. The van der Waals surface area contributed by atoms with Gasteiger partial charge in [-0.15, -0.1) is 22.7 Å². The van der Waals surface area contributed by atoms with E-state index in [1.165, 1.54) is 22.7 Å². The van der Waals surface area contributed by atoms with Crippen LogP contribution in [0.15, 0.2) is 10.8 Å². The van der Waals surface area contributed by atoms with Gasteiger partial charge in [0.15, 0.2) is 11.5 Å². The second-order valence-corrected chi connectivity index (χ2v) is 5.89. The van der Waals surface area contributed by atoms with Crippen molar-refractivity contribution in [2.75, 3.05) is 19.8 Å². The van der Waals surface area contributed by atoms with E-state index in [-0.39, 0.29) is 12.4 Å². The van der Waals surface area contributed by atoms with Gasteiger partial charge in [0.25, 0.3) is 0 Å². The van der Waals surface area contributed by atoms with E-state index in [4.69, 9.17) is 14.2 Å². The highest BCUT2D eigenvalue weighted by atomic mass is 32.1. The van der Waals surface area contributed by atoms with Crippen molar-refractivity contribution in [3.63, 3.8) is 0 Å². The molecule has 0 aromatic carbocycles. The van der Waals surface area contributed by atoms with Gasteiger partial charge in [-0.1, -0.05) is 0 Å². The largest absolute Gasteiger partial charge is 0.485 e. The van der Waals surface area contributed by atoms with Gasteiger partial charge >= 0.3 is 5.97 Å². The van der Waals surface area contributed by atoms with E-state index in [9.17, 15) is 4.79 Å². The summed E-state index contributed by atoms with van der Waals surface area (Å²) < 4.78 is 16.1. The summed E-state index contributed by atoms with van der Waals surface area (Å²) in [7, 11) is 0. The predicted octanol–water partition coefficient (Wildman–Crippen LogP) is 2.75. The van der Waals surface area contributed by atoms with Crippen LogP contribution in [0.5, 0.6) is 11.5 Å². The molecule has 0 radical (unpaired) electrons. The van der Waals surface area contributed by atoms with E-state index >= 15 is 0 Å². The number of nitrogens with zero attached hydrogens (tertiary/aromatic N) is 1. The summed E-state index contributed by atoms with van der Waals surface area (Å²) in [5.74, 6) is 1.28. The summed E-state index contributed by atoms with van der Waals surface area (Å²) in [5, 5.41) is 4.60. The van der Waals surface area contributed by atoms with E-state index in [1.54, 1.807) is 6.92 Å². The molecule has 0 amide bonds. The van der Waals surface area contributed by atoms with E-state index < -0.39 is 0 Å². The Balaban J connectivity index is 1.80. The predicted molar refractivity (Wildman–Crippen MR) is 76.8 cm³/mol. The normalized spacial score (nSPS) is 13.2. The highest BCUT2D eigenvalue weighted by molar-refractivity contribution is 7.15. The number of ether oxygens (including phenoxy) is 3. The van der Waals surface area contributed by atoms with Gasteiger partial charge in [0.05, 0.1) is 23.6 Å². The van der Waals surface area contributed by atoms with E-state index in [0.717, 1.165) is 27.1 Å². The third-order valence-electron chi connectivity index (χ3n) is 2.69. The molecule has 1 aliphatic heterocycles. The first-order chi connectivity index (χ1) is 9.78. The van der Waals surface area contributed by atoms with Gasteiger partial charge in [0.2, 0.25) is 0 Å². The molecule has 0 unspecified atom stereocenters. The molecule has 0 saturated heterocycles. The number of fused-ring (bicyclic) bond motifs is 1. The van der Waals surface area contributed by atoms with Crippen LogP contribution >= 0.6 is 22.7 Å². The molecule has 5 nitrogen and oxygen atoms in total. The van der Waals surface area contributed by atoms with Gasteiger partial charge in [-0.25, -0.2) is 4.98 Å². The first kappa shape index (κ1) is 13.4. The zero-order chi connectivity index (χ0) is 13.9. The second kappa shape index (κ2) is 5.80. The highest BCUT2D eigenvalue weighted by Crippen LogP contribution is 2.45. The molecule has 0 bridgehead atoms. The Bertz CT molecular complexity index is 620. The fourth-order valence-corrected chi connectivity index (χ4v) is 3.61. The zero-order valence-electron chi connectivity index (χ0n) is 10.9. The lowest BCUT2D eigenvalue weighted by Gasteiger charge is -2.15. The smallest absolute Gasteiger partial charge is 0.312 e. The first-order valence-corrected chi connectivity index (χ1v) is 8.01. The number of aromatic nitrogens is 1. The Morgan fingerprint density at radius 2 is 2.20 bits per heavy atom. The fourth-order valence-electron chi connectivity index (χ4n) is 1.87. The number of carbonyl (C=O) groups is 1. The summed E-state index contributed by atoms with van der Waals surface area (Å²) >= 11 is 2.99. The summed E-state index contributed by atoms with van der Waals surface area (Å²) in [5.41, 5.74) is 0.825. The number of carbonyl (C=O) groups excluding carboxylic acids is 1. The maximum atomic E-state index is 11.4. The standard InChI is InChI=1S/C13H13NO4S2/c1-2-16-11(15)5-10-14-8(6-19-10)13-12-9(7-20-13)17-3-4-18-12/h6-7H,2-5H2,1H3. The molecule has 0 fully saturated rings. The Morgan fingerprint density at radius 1 is 1.35 bits per heavy atom. The molecular formula is C13H13NO4S2. The number of hydrogen-bond donors (Lipinski definition) is 0. The lowest BCUT2D eigenvalue weighted by Crippen LogP contribution is -2.14. The number of thiazole rings is 1. The molecule has 0 N–H and O–H groups in total. The molecular weight excluding hydrogens is 298 g/mol. The number of hydrogen-bond acceptors (Lipinski definition) is 7. The highest BCUT2D eigenvalue weighted by Gasteiger charge is 2.21. The average molecular weight is 311 g/mol. The first-order valence-electron chi connectivity index (χ1n) is 6.25. The van der Waals surface area contributed by atoms with Crippen molar-refractivity contribution < 1.29 is 19.0 Å². The van der Waals surface area contributed by atoms with Gasteiger partial charge in [-0.3, -0.25) is 4.79 Å². The van der Waals surface area contributed by atoms with E-state index in [0.29, 0.717) is 19.8 Å². The van der Waals surface area contributed by atoms with Gasteiger partial charge in [-0.05, 0) is 6.92 Å². The number of rotatable bonds is 4. The molecule has 3 rings (SSSR count). The van der Waals surface area contributed by atoms with Crippen LogP contribution in [0.2, 0.25) is 0 Å². The van der Waals surface area contributed by atoms with Crippen molar-refractivity contribution in [2.24, 2.45) is 0 Å². The minimum absolute atomic E-state index is 0.212. The molecule has 3 heterocycles. The third-order valence-corrected chi connectivity index (χ3v) is 4.50. The summed E-state index contributed by atoms with van der Waals surface area (Å²) in [6.07, 6.45) is 0.212. The Labute approximate surface area is 124 Å². The summed E-state index contributed by atoms with van der Waals surface area (Å²) in [4.78, 5) is 16.9. The molecule has 2 aromatic heterocycles. The molecule has 1 aliphatic rings. The van der Waals surface area contributed by atoms with E-state index in [1.807, 2.05) is 10.8 Å². The zero-order valence-corrected chi connectivity index (χ0v) is 12.5. The molecule has 0 atom stereocenters. The molecule has 2 aromatic rings. The maximum absolute atomic E-state index is 11.4. The van der Waals surface area contributed by atoms with Gasteiger partial charge < -0.3 is 14.2 Å². The summed E-state index contributed by atoms with van der Waals surface area (Å²) in [6.45, 7) is 3.31. The van der Waals surface area contributed by atoms with Gasteiger partial charge in [-0.2, -0.15) is 0 Å². The maximum Gasteiger partial charge on any atom is 0.312 e. The molecule has 106 valence electrons. The van der Waals surface area contributed by atoms with Crippen LogP contribution < -0.4 is 9.47 Å². The van der Waals surface area contributed by atoms with Crippen LogP contribution in [0.25, 0.3) is 10.6 Å². The monoisotopic (exact) mass is 311 g/mol.